The van der Waals surface area contributed by atoms with Crippen molar-refractivity contribution in [3.8, 4) is 17.3 Å². The predicted molar refractivity (Wildman–Crippen MR) is 105 cm³/mol. The zero-order valence-corrected chi connectivity index (χ0v) is 15.5. The van der Waals surface area contributed by atoms with Gasteiger partial charge in [0.2, 0.25) is 0 Å². The van der Waals surface area contributed by atoms with Crippen molar-refractivity contribution in [1.29, 1.82) is 5.26 Å². The number of likely N-dealkylation sites (tertiary alicyclic amines) is 1. The molecule has 1 aliphatic heterocycles. The molecule has 0 aliphatic carbocycles. The van der Waals surface area contributed by atoms with Crippen molar-refractivity contribution in [3.05, 3.63) is 42.1 Å². The number of benzene rings is 1. The zero-order chi connectivity index (χ0) is 18.0. The molecule has 0 bridgehead atoms. The van der Waals surface area contributed by atoms with Crippen LogP contribution < -0.4 is 5.32 Å². The fourth-order valence-corrected chi connectivity index (χ4v) is 3.54. The molecule has 1 aromatic heterocycles. The van der Waals surface area contributed by atoms with E-state index in [2.05, 4.69) is 34.6 Å². The van der Waals surface area contributed by atoms with Gasteiger partial charge in [0.1, 0.15) is 0 Å². The summed E-state index contributed by atoms with van der Waals surface area (Å²) in [6.07, 6.45) is 7.86. The van der Waals surface area contributed by atoms with Crippen molar-refractivity contribution in [3.63, 3.8) is 0 Å². The molecule has 0 spiro atoms. The van der Waals surface area contributed by atoms with Crippen LogP contribution in [0.15, 0.2) is 36.5 Å². The average molecular weight is 351 g/mol. The monoisotopic (exact) mass is 351 g/mol. The molecule has 138 valence electrons. The number of aryl methyl sites for hydroxylation is 1. The summed E-state index contributed by atoms with van der Waals surface area (Å²) in [6, 6.07) is 12.5. The number of aromatic nitrogens is 2. The number of piperidine rings is 1. The Morgan fingerprint density at radius 2 is 1.88 bits per heavy atom. The molecule has 26 heavy (non-hydrogen) atoms. The molecule has 1 saturated heterocycles. The summed E-state index contributed by atoms with van der Waals surface area (Å²) in [4.78, 5) is 2.58. The van der Waals surface area contributed by atoms with Gasteiger partial charge in [-0.25, -0.2) is 0 Å². The van der Waals surface area contributed by atoms with E-state index < -0.39 is 0 Å². The molecule has 3 rings (SSSR count). The number of hydrogen-bond acceptors (Lipinski definition) is 4. The van der Waals surface area contributed by atoms with E-state index in [0.717, 1.165) is 24.3 Å². The van der Waals surface area contributed by atoms with Crippen molar-refractivity contribution < 1.29 is 0 Å². The first kappa shape index (κ1) is 18.6. The van der Waals surface area contributed by atoms with Gasteiger partial charge >= 0.3 is 0 Å². The standard InChI is InChI=1S/C21H29N5/c22-11-7-16-26-18-20(21(24-26)19-9-3-1-4-10-19)17-23-12-8-15-25-13-5-2-6-14-25/h1,3-4,9-10,18,23H,2,5-8,12-17H2. The summed E-state index contributed by atoms with van der Waals surface area (Å²) >= 11 is 0. The lowest BCUT2D eigenvalue weighted by Crippen LogP contribution is -2.32. The molecule has 0 atom stereocenters. The van der Waals surface area contributed by atoms with Crippen molar-refractivity contribution >= 4 is 0 Å². The maximum Gasteiger partial charge on any atom is 0.0968 e. The summed E-state index contributed by atoms with van der Waals surface area (Å²) in [5.41, 5.74) is 3.35. The Balaban J connectivity index is 1.53. The summed E-state index contributed by atoms with van der Waals surface area (Å²) in [5, 5.41) is 17.1. The molecule has 1 aromatic carbocycles. The van der Waals surface area contributed by atoms with Crippen LogP contribution in [0.1, 0.15) is 37.7 Å². The molecule has 2 heterocycles. The highest BCUT2D eigenvalue weighted by atomic mass is 15.3. The van der Waals surface area contributed by atoms with Gasteiger partial charge in [0.05, 0.1) is 24.7 Å². The molecular weight excluding hydrogens is 322 g/mol. The summed E-state index contributed by atoms with van der Waals surface area (Å²) in [6.45, 7) is 6.21. The third kappa shape index (κ3) is 5.42. The van der Waals surface area contributed by atoms with Gasteiger partial charge in [-0.1, -0.05) is 36.8 Å². The molecule has 0 unspecified atom stereocenters. The van der Waals surface area contributed by atoms with Crippen LogP contribution in [0.5, 0.6) is 0 Å². The molecule has 0 amide bonds. The number of rotatable bonds is 9. The van der Waals surface area contributed by atoms with Crippen LogP contribution in [-0.2, 0) is 13.1 Å². The molecular formula is C21H29N5. The van der Waals surface area contributed by atoms with Gasteiger partial charge in [0.15, 0.2) is 0 Å². The number of nitrogens with zero attached hydrogens (tertiary/aromatic N) is 4. The van der Waals surface area contributed by atoms with Gasteiger partial charge in [0, 0.05) is 23.9 Å². The van der Waals surface area contributed by atoms with E-state index in [-0.39, 0.29) is 0 Å². The quantitative estimate of drug-likeness (QED) is 0.703. The molecule has 1 aliphatic rings. The second-order valence-corrected chi connectivity index (χ2v) is 6.97. The van der Waals surface area contributed by atoms with Crippen LogP contribution >= 0.6 is 0 Å². The van der Waals surface area contributed by atoms with Gasteiger partial charge in [-0.15, -0.1) is 0 Å². The summed E-state index contributed by atoms with van der Waals surface area (Å²) in [5.74, 6) is 0. The Morgan fingerprint density at radius 3 is 2.65 bits per heavy atom. The first-order valence-electron chi connectivity index (χ1n) is 9.78. The average Bonchev–Trinajstić information content (AvgIpc) is 3.10. The molecule has 1 fully saturated rings. The SMILES string of the molecule is N#CCCn1cc(CNCCCN2CCCCC2)c(-c2ccccc2)n1. The van der Waals surface area contributed by atoms with Crippen LogP contribution in [0.25, 0.3) is 11.3 Å². The zero-order valence-electron chi connectivity index (χ0n) is 15.5. The van der Waals surface area contributed by atoms with Gasteiger partial charge in [-0.05, 0) is 45.4 Å². The Labute approximate surface area is 156 Å². The van der Waals surface area contributed by atoms with Crippen LogP contribution in [0.2, 0.25) is 0 Å². The largest absolute Gasteiger partial charge is 0.312 e. The Morgan fingerprint density at radius 1 is 1.08 bits per heavy atom. The van der Waals surface area contributed by atoms with E-state index in [1.165, 1.54) is 50.9 Å². The van der Waals surface area contributed by atoms with Gasteiger partial charge in [-0.3, -0.25) is 4.68 Å². The minimum absolute atomic E-state index is 0.485. The van der Waals surface area contributed by atoms with Gasteiger partial charge in [-0.2, -0.15) is 10.4 Å². The van der Waals surface area contributed by atoms with Gasteiger partial charge < -0.3 is 10.2 Å². The Hall–Kier alpha value is -2.16. The predicted octanol–water partition coefficient (Wildman–Crippen LogP) is 3.43. The number of hydrogen-bond donors (Lipinski definition) is 1. The lowest BCUT2D eigenvalue weighted by Gasteiger charge is -2.26. The van der Waals surface area contributed by atoms with Crippen molar-refractivity contribution in [2.24, 2.45) is 0 Å². The molecule has 2 aromatic rings. The van der Waals surface area contributed by atoms with Crippen LogP contribution in [-0.4, -0.2) is 40.9 Å². The first-order chi connectivity index (χ1) is 12.9. The molecule has 5 heteroatoms. The van der Waals surface area contributed by atoms with Crippen molar-refractivity contribution in [2.45, 2.75) is 45.2 Å². The minimum Gasteiger partial charge on any atom is -0.312 e. The summed E-state index contributed by atoms with van der Waals surface area (Å²) < 4.78 is 1.90. The highest BCUT2D eigenvalue weighted by Gasteiger charge is 2.12. The van der Waals surface area contributed by atoms with E-state index in [9.17, 15) is 0 Å². The molecule has 5 nitrogen and oxygen atoms in total. The fraction of sp³-hybridized carbons (Fsp3) is 0.524. The third-order valence-corrected chi connectivity index (χ3v) is 4.93. The number of nitriles is 1. The Kier molecular flexibility index (Phi) is 7.24. The molecule has 0 radical (unpaired) electrons. The van der Waals surface area contributed by atoms with E-state index in [4.69, 9.17) is 10.4 Å². The Bertz CT molecular complexity index is 695. The van der Waals surface area contributed by atoms with Crippen LogP contribution in [0, 0.1) is 11.3 Å². The van der Waals surface area contributed by atoms with Crippen LogP contribution in [0.4, 0.5) is 0 Å². The second kappa shape index (κ2) is 10.1. The lowest BCUT2D eigenvalue weighted by atomic mass is 10.1. The van der Waals surface area contributed by atoms with E-state index in [1.807, 2.05) is 22.9 Å². The fourth-order valence-electron chi connectivity index (χ4n) is 3.54. The smallest absolute Gasteiger partial charge is 0.0968 e. The van der Waals surface area contributed by atoms with Gasteiger partial charge in [0.25, 0.3) is 0 Å². The normalized spacial score (nSPS) is 15.0. The maximum absolute atomic E-state index is 8.82. The lowest BCUT2D eigenvalue weighted by molar-refractivity contribution is 0.225. The maximum atomic E-state index is 8.82. The third-order valence-electron chi connectivity index (χ3n) is 4.93. The van der Waals surface area contributed by atoms with Crippen LogP contribution in [0.3, 0.4) is 0 Å². The molecule has 0 saturated carbocycles. The van der Waals surface area contributed by atoms with Crippen molar-refractivity contribution in [1.82, 2.24) is 20.0 Å². The highest BCUT2D eigenvalue weighted by molar-refractivity contribution is 5.62. The van der Waals surface area contributed by atoms with E-state index in [1.54, 1.807) is 0 Å². The first-order valence-corrected chi connectivity index (χ1v) is 9.78. The second-order valence-electron chi connectivity index (χ2n) is 6.97. The summed E-state index contributed by atoms with van der Waals surface area (Å²) in [7, 11) is 0. The number of nitrogens with one attached hydrogen (secondary N) is 1. The molecule has 1 N–H and O–H groups in total. The topological polar surface area (TPSA) is 56.9 Å². The van der Waals surface area contributed by atoms with Crippen molar-refractivity contribution in [2.75, 3.05) is 26.2 Å². The highest BCUT2D eigenvalue weighted by Crippen LogP contribution is 2.22. The van der Waals surface area contributed by atoms with E-state index >= 15 is 0 Å². The minimum atomic E-state index is 0.485. The van der Waals surface area contributed by atoms with E-state index in [0.29, 0.717) is 13.0 Å².